The highest BCUT2D eigenvalue weighted by Crippen LogP contribution is 2.35. The second-order valence-electron chi connectivity index (χ2n) is 6.83. The average Bonchev–Trinajstić information content (AvgIpc) is 3.03. The third-order valence-electron chi connectivity index (χ3n) is 4.59. The van der Waals surface area contributed by atoms with Crippen LogP contribution < -0.4 is 15.5 Å². The number of carbonyl (C=O) groups is 3. The van der Waals surface area contributed by atoms with Crippen LogP contribution in [0.25, 0.3) is 0 Å². The highest BCUT2D eigenvalue weighted by atomic mass is 35.5. The Balaban J connectivity index is 1.37. The molecule has 4 amide bonds. The first-order valence-corrected chi connectivity index (χ1v) is 10.8. The van der Waals surface area contributed by atoms with Crippen LogP contribution in [-0.2, 0) is 9.59 Å². The minimum atomic E-state index is -0.508. The van der Waals surface area contributed by atoms with Gasteiger partial charge in [0.1, 0.15) is 0 Å². The third-order valence-corrected chi connectivity index (χ3v) is 6.03. The summed E-state index contributed by atoms with van der Waals surface area (Å²) in [6.07, 6.45) is 0.121. The van der Waals surface area contributed by atoms with Crippen LogP contribution in [0.4, 0.5) is 21.9 Å². The molecule has 6 nitrogen and oxygen atoms in total. The number of imide groups is 1. The van der Waals surface area contributed by atoms with Gasteiger partial charge < -0.3 is 10.6 Å². The SMILES string of the molecule is O=C(Nc1ccccc1)Nc1ccc(SC2CC(=O)N(c3cccc(Cl)c3)C2=O)cc1. The molecule has 1 fully saturated rings. The summed E-state index contributed by atoms with van der Waals surface area (Å²) in [5.74, 6) is -0.512. The number of hydrogen-bond acceptors (Lipinski definition) is 4. The molecule has 0 radical (unpaired) electrons. The molecule has 31 heavy (non-hydrogen) atoms. The lowest BCUT2D eigenvalue weighted by Gasteiger charge is -2.15. The van der Waals surface area contributed by atoms with Gasteiger partial charge in [-0.15, -0.1) is 11.8 Å². The number of thioether (sulfide) groups is 1. The summed E-state index contributed by atoms with van der Waals surface area (Å²) in [4.78, 5) is 39.3. The van der Waals surface area contributed by atoms with E-state index in [0.29, 0.717) is 22.1 Å². The van der Waals surface area contributed by atoms with E-state index in [0.717, 1.165) is 4.90 Å². The summed E-state index contributed by atoms with van der Waals surface area (Å²) < 4.78 is 0. The molecule has 3 aromatic rings. The van der Waals surface area contributed by atoms with Gasteiger partial charge in [0.15, 0.2) is 0 Å². The van der Waals surface area contributed by atoms with Crippen molar-refractivity contribution in [1.82, 2.24) is 0 Å². The number of urea groups is 1. The molecule has 0 bridgehead atoms. The summed E-state index contributed by atoms with van der Waals surface area (Å²) in [6, 6.07) is 22.6. The van der Waals surface area contributed by atoms with Gasteiger partial charge in [0.2, 0.25) is 11.8 Å². The van der Waals surface area contributed by atoms with Crippen molar-refractivity contribution in [2.24, 2.45) is 0 Å². The van der Waals surface area contributed by atoms with Crippen LogP contribution >= 0.6 is 23.4 Å². The largest absolute Gasteiger partial charge is 0.323 e. The Morgan fingerprint density at radius 2 is 1.58 bits per heavy atom. The number of rotatable bonds is 5. The maximum atomic E-state index is 12.8. The Morgan fingerprint density at radius 1 is 0.903 bits per heavy atom. The molecule has 1 unspecified atom stereocenters. The van der Waals surface area contributed by atoms with E-state index in [4.69, 9.17) is 11.6 Å². The highest BCUT2D eigenvalue weighted by Gasteiger charge is 2.40. The Morgan fingerprint density at radius 3 is 2.26 bits per heavy atom. The van der Waals surface area contributed by atoms with Crippen molar-refractivity contribution in [2.75, 3.05) is 15.5 Å². The lowest BCUT2D eigenvalue weighted by atomic mass is 10.3. The first-order chi connectivity index (χ1) is 15.0. The smallest absolute Gasteiger partial charge is 0.308 e. The van der Waals surface area contributed by atoms with Crippen molar-refractivity contribution < 1.29 is 14.4 Å². The van der Waals surface area contributed by atoms with E-state index in [1.165, 1.54) is 16.7 Å². The molecule has 0 saturated carbocycles. The minimum absolute atomic E-state index is 0.121. The van der Waals surface area contributed by atoms with E-state index in [1.54, 1.807) is 48.5 Å². The van der Waals surface area contributed by atoms with Crippen molar-refractivity contribution in [3.05, 3.63) is 83.9 Å². The lowest BCUT2D eigenvalue weighted by Crippen LogP contribution is -2.31. The van der Waals surface area contributed by atoms with Crippen LogP contribution in [0, 0.1) is 0 Å². The van der Waals surface area contributed by atoms with Gasteiger partial charge in [0.05, 0.1) is 10.9 Å². The average molecular weight is 452 g/mol. The predicted molar refractivity (Wildman–Crippen MR) is 124 cm³/mol. The third kappa shape index (κ3) is 5.07. The Hall–Kier alpha value is -3.29. The van der Waals surface area contributed by atoms with E-state index in [-0.39, 0.29) is 24.3 Å². The van der Waals surface area contributed by atoms with Gasteiger partial charge in [-0.25, -0.2) is 9.69 Å². The molecule has 1 atom stereocenters. The van der Waals surface area contributed by atoms with Crippen LogP contribution in [-0.4, -0.2) is 23.1 Å². The van der Waals surface area contributed by atoms with Gasteiger partial charge in [-0.1, -0.05) is 35.9 Å². The molecular formula is C23H18ClN3O3S. The number of anilines is 3. The second-order valence-corrected chi connectivity index (χ2v) is 8.54. The monoisotopic (exact) mass is 451 g/mol. The van der Waals surface area contributed by atoms with Crippen molar-refractivity contribution in [2.45, 2.75) is 16.6 Å². The van der Waals surface area contributed by atoms with Crippen LogP contribution in [0.2, 0.25) is 5.02 Å². The van der Waals surface area contributed by atoms with Crippen LogP contribution in [0.5, 0.6) is 0 Å². The molecule has 1 heterocycles. The number of halogens is 1. The number of para-hydroxylation sites is 1. The van der Waals surface area contributed by atoms with Crippen molar-refractivity contribution in [3.63, 3.8) is 0 Å². The number of nitrogens with one attached hydrogen (secondary N) is 2. The van der Waals surface area contributed by atoms with Crippen molar-refractivity contribution in [3.8, 4) is 0 Å². The number of benzene rings is 3. The van der Waals surface area contributed by atoms with E-state index < -0.39 is 5.25 Å². The fourth-order valence-electron chi connectivity index (χ4n) is 3.18. The van der Waals surface area contributed by atoms with Gasteiger partial charge in [-0.2, -0.15) is 0 Å². The molecular weight excluding hydrogens is 434 g/mol. The van der Waals surface area contributed by atoms with Gasteiger partial charge in [-0.3, -0.25) is 9.59 Å². The Bertz CT molecular complexity index is 1120. The van der Waals surface area contributed by atoms with Crippen LogP contribution in [0.15, 0.2) is 83.8 Å². The Kier molecular flexibility index (Phi) is 6.25. The first kappa shape index (κ1) is 21.0. The number of hydrogen-bond donors (Lipinski definition) is 2. The zero-order valence-electron chi connectivity index (χ0n) is 16.2. The van der Waals surface area contributed by atoms with Gasteiger partial charge >= 0.3 is 6.03 Å². The summed E-state index contributed by atoms with van der Waals surface area (Å²) in [7, 11) is 0. The van der Waals surface area contributed by atoms with Crippen LogP contribution in [0.3, 0.4) is 0 Å². The fourth-order valence-corrected chi connectivity index (χ4v) is 4.42. The molecule has 1 aliphatic heterocycles. The zero-order chi connectivity index (χ0) is 21.8. The maximum absolute atomic E-state index is 12.8. The molecule has 156 valence electrons. The molecule has 0 spiro atoms. The van der Waals surface area contributed by atoms with Gasteiger partial charge in [0, 0.05) is 27.7 Å². The fraction of sp³-hybridized carbons (Fsp3) is 0.0870. The van der Waals surface area contributed by atoms with Gasteiger partial charge in [-0.05, 0) is 54.6 Å². The zero-order valence-corrected chi connectivity index (χ0v) is 17.8. The predicted octanol–water partition coefficient (Wildman–Crippen LogP) is 5.41. The molecule has 4 rings (SSSR count). The number of amides is 4. The summed E-state index contributed by atoms with van der Waals surface area (Å²) in [6.45, 7) is 0. The molecule has 2 N–H and O–H groups in total. The van der Waals surface area contributed by atoms with Crippen molar-refractivity contribution in [1.29, 1.82) is 0 Å². The van der Waals surface area contributed by atoms with E-state index >= 15 is 0 Å². The topological polar surface area (TPSA) is 78.5 Å². The van der Waals surface area contributed by atoms with Gasteiger partial charge in [0.25, 0.3) is 0 Å². The minimum Gasteiger partial charge on any atom is -0.308 e. The molecule has 8 heteroatoms. The normalized spacial score (nSPS) is 15.8. The van der Waals surface area contributed by atoms with E-state index in [1.807, 2.05) is 30.3 Å². The summed E-state index contributed by atoms with van der Waals surface area (Å²) in [5.41, 5.74) is 1.79. The molecule has 0 aliphatic carbocycles. The summed E-state index contributed by atoms with van der Waals surface area (Å²) in [5, 5.41) is 5.46. The first-order valence-electron chi connectivity index (χ1n) is 9.52. The molecule has 3 aromatic carbocycles. The lowest BCUT2D eigenvalue weighted by molar-refractivity contribution is -0.121. The quantitative estimate of drug-likeness (QED) is 0.508. The number of nitrogens with zero attached hydrogens (tertiary/aromatic N) is 1. The maximum Gasteiger partial charge on any atom is 0.323 e. The van der Waals surface area contributed by atoms with Crippen LogP contribution in [0.1, 0.15) is 6.42 Å². The second kappa shape index (κ2) is 9.24. The van der Waals surface area contributed by atoms with E-state index in [9.17, 15) is 14.4 Å². The van der Waals surface area contributed by atoms with Crippen molar-refractivity contribution >= 4 is 58.3 Å². The Labute approximate surface area is 188 Å². The number of carbonyl (C=O) groups excluding carboxylic acids is 3. The standard InChI is InChI=1S/C23H18ClN3O3S/c24-15-5-4-8-18(13-15)27-21(28)14-20(22(27)29)31-19-11-9-17(10-12-19)26-23(30)25-16-6-2-1-3-7-16/h1-13,20H,14H2,(H2,25,26,30). The molecule has 1 aliphatic rings. The molecule has 0 aromatic heterocycles. The molecule has 1 saturated heterocycles. The van der Waals surface area contributed by atoms with E-state index in [2.05, 4.69) is 10.6 Å². The highest BCUT2D eigenvalue weighted by molar-refractivity contribution is 8.00. The summed E-state index contributed by atoms with van der Waals surface area (Å²) >= 11 is 7.31.